The molecule has 32 heavy (non-hydrogen) atoms. The molecule has 0 saturated heterocycles. The molecule has 4 rings (SSSR count). The van der Waals surface area contributed by atoms with E-state index in [-0.39, 0.29) is 5.39 Å². The van der Waals surface area contributed by atoms with Gasteiger partial charge in [-0.1, -0.05) is 87.6 Å². The standard InChI is InChI=1S/C29H29F3/c1-2-6-20-11-13-21(14-12-20)15-16-22-7-3-4-8-23(22)17-18-24-9-5-10-25-19-26(30)28(31)29(32)27(24)25/h3-5,7-10,19-21H,2,6,11-16H2,1H3. The predicted octanol–water partition coefficient (Wildman–Crippen LogP) is 8.20. The van der Waals surface area contributed by atoms with Crippen LogP contribution in [0.2, 0.25) is 0 Å². The first-order chi connectivity index (χ1) is 15.6. The van der Waals surface area contributed by atoms with Crippen LogP contribution >= 0.6 is 0 Å². The van der Waals surface area contributed by atoms with Gasteiger partial charge in [-0.05, 0) is 53.8 Å². The summed E-state index contributed by atoms with van der Waals surface area (Å²) in [5, 5.41) is 0.334. The average molecular weight is 435 g/mol. The van der Waals surface area contributed by atoms with E-state index in [1.807, 2.05) is 18.2 Å². The molecule has 1 aliphatic rings. The molecule has 0 amide bonds. The summed E-state index contributed by atoms with van der Waals surface area (Å²) >= 11 is 0. The Balaban J connectivity index is 1.52. The molecule has 0 nitrogen and oxygen atoms in total. The third-order valence-electron chi connectivity index (χ3n) is 6.84. The minimum absolute atomic E-state index is 0.0280. The smallest absolute Gasteiger partial charge is 0.195 e. The van der Waals surface area contributed by atoms with E-state index in [0.717, 1.165) is 36.3 Å². The lowest BCUT2D eigenvalue weighted by molar-refractivity contribution is 0.252. The maximum absolute atomic E-state index is 14.4. The largest absolute Gasteiger partial charge is 0.204 e. The van der Waals surface area contributed by atoms with Crippen LogP contribution < -0.4 is 0 Å². The van der Waals surface area contributed by atoms with Crippen LogP contribution in [-0.2, 0) is 6.42 Å². The van der Waals surface area contributed by atoms with Crippen molar-refractivity contribution < 1.29 is 13.2 Å². The van der Waals surface area contributed by atoms with Gasteiger partial charge in [-0.2, -0.15) is 0 Å². The van der Waals surface area contributed by atoms with E-state index >= 15 is 0 Å². The van der Waals surface area contributed by atoms with Crippen LogP contribution in [0.3, 0.4) is 0 Å². The fourth-order valence-corrected chi connectivity index (χ4v) is 5.03. The van der Waals surface area contributed by atoms with Crippen LogP contribution in [0.15, 0.2) is 48.5 Å². The summed E-state index contributed by atoms with van der Waals surface area (Å²) in [6, 6.07) is 14.0. The topological polar surface area (TPSA) is 0 Å². The molecule has 0 bridgehead atoms. The molecular formula is C29H29F3. The fourth-order valence-electron chi connectivity index (χ4n) is 5.03. The predicted molar refractivity (Wildman–Crippen MR) is 125 cm³/mol. The number of hydrogen-bond acceptors (Lipinski definition) is 0. The van der Waals surface area contributed by atoms with Gasteiger partial charge in [0.15, 0.2) is 17.5 Å². The molecule has 0 radical (unpaired) electrons. The Labute approximate surface area is 188 Å². The van der Waals surface area contributed by atoms with Gasteiger partial charge in [0.1, 0.15) is 0 Å². The summed E-state index contributed by atoms with van der Waals surface area (Å²) in [5.74, 6) is 4.03. The average Bonchev–Trinajstić information content (AvgIpc) is 2.81. The van der Waals surface area contributed by atoms with Gasteiger partial charge in [0.2, 0.25) is 0 Å². The molecule has 0 unspecified atom stereocenters. The van der Waals surface area contributed by atoms with Crippen molar-refractivity contribution >= 4 is 10.8 Å². The SMILES string of the molecule is CCCC1CCC(CCc2ccccc2C#Cc2cccc3cc(F)c(F)c(F)c23)CC1. The first-order valence-electron chi connectivity index (χ1n) is 11.7. The second-order valence-electron chi connectivity index (χ2n) is 9.01. The van der Waals surface area contributed by atoms with Crippen molar-refractivity contribution in [3.8, 4) is 11.8 Å². The highest BCUT2D eigenvalue weighted by Gasteiger charge is 2.20. The van der Waals surface area contributed by atoms with Gasteiger partial charge in [0.05, 0.1) is 0 Å². The van der Waals surface area contributed by atoms with Crippen LogP contribution in [0.4, 0.5) is 13.2 Å². The normalized spacial score (nSPS) is 18.4. The van der Waals surface area contributed by atoms with Crippen molar-refractivity contribution in [1.29, 1.82) is 0 Å². The highest BCUT2D eigenvalue weighted by atomic mass is 19.2. The molecule has 0 aliphatic heterocycles. The van der Waals surface area contributed by atoms with Crippen LogP contribution in [0, 0.1) is 41.1 Å². The molecular weight excluding hydrogens is 405 g/mol. The molecule has 0 N–H and O–H groups in total. The molecule has 0 aromatic heterocycles. The van der Waals surface area contributed by atoms with Gasteiger partial charge in [-0.15, -0.1) is 0 Å². The Morgan fingerprint density at radius 2 is 1.44 bits per heavy atom. The van der Waals surface area contributed by atoms with Crippen molar-refractivity contribution in [2.45, 2.75) is 58.3 Å². The van der Waals surface area contributed by atoms with E-state index in [0.29, 0.717) is 10.9 Å². The Morgan fingerprint density at radius 1 is 0.781 bits per heavy atom. The molecule has 1 saturated carbocycles. The van der Waals surface area contributed by atoms with Gasteiger partial charge in [-0.25, -0.2) is 13.2 Å². The van der Waals surface area contributed by atoms with Crippen LogP contribution in [0.5, 0.6) is 0 Å². The molecule has 3 aromatic rings. The maximum Gasteiger partial charge on any atom is 0.195 e. The lowest BCUT2D eigenvalue weighted by Gasteiger charge is -2.28. The summed E-state index contributed by atoms with van der Waals surface area (Å²) in [5.41, 5.74) is 2.46. The molecule has 1 fully saturated rings. The van der Waals surface area contributed by atoms with Gasteiger partial charge in [0.25, 0.3) is 0 Å². The van der Waals surface area contributed by atoms with Gasteiger partial charge in [0, 0.05) is 16.5 Å². The Kier molecular flexibility index (Phi) is 7.20. The number of benzene rings is 3. The molecule has 0 heterocycles. The Hall–Kier alpha value is -2.73. The zero-order valence-corrected chi connectivity index (χ0v) is 18.6. The van der Waals surface area contributed by atoms with Gasteiger partial charge < -0.3 is 0 Å². The van der Waals surface area contributed by atoms with Gasteiger partial charge >= 0.3 is 0 Å². The summed E-state index contributed by atoms with van der Waals surface area (Å²) in [4.78, 5) is 0. The number of fused-ring (bicyclic) bond motifs is 1. The monoisotopic (exact) mass is 434 g/mol. The van der Waals surface area contributed by atoms with Crippen LogP contribution in [0.1, 0.15) is 68.6 Å². The van der Waals surface area contributed by atoms with Gasteiger partial charge in [-0.3, -0.25) is 0 Å². The number of aryl methyl sites for hydroxylation is 1. The van der Waals surface area contributed by atoms with E-state index in [4.69, 9.17) is 0 Å². The number of rotatable bonds is 5. The first kappa shape index (κ1) is 22.5. The lowest BCUT2D eigenvalue weighted by Crippen LogP contribution is -2.15. The second kappa shape index (κ2) is 10.3. The van der Waals surface area contributed by atoms with Crippen molar-refractivity contribution in [1.82, 2.24) is 0 Å². The van der Waals surface area contributed by atoms with E-state index in [1.54, 1.807) is 18.2 Å². The summed E-state index contributed by atoms with van der Waals surface area (Å²) < 4.78 is 41.9. The van der Waals surface area contributed by atoms with E-state index in [9.17, 15) is 13.2 Å². The number of hydrogen-bond donors (Lipinski definition) is 0. The lowest BCUT2D eigenvalue weighted by atomic mass is 9.78. The van der Waals surface area contributed by atoms with E-state index in [2.05, 4.69) is 24.8 Å². The first-order valence-corrected chi connectivity index (χ1v) is 11.7. The molecule has 0 spiro atoms. The summed E-state index contributed by atoms with van der Waals surface area (Å²) in [6.45, 7) is 2.27. The van der Waals surface area contributed by atoms with Crippen LogP contribution in [0.25, 0.3) is 10.8 Å². The Bertz CT molecular complexity index is 1140. The second-order valence-corrected chi connectivity index (χ2v) is 9.01. The van der Waals surface area contributed by atoms with Crippen molar-refractivity contribution in [2.75, 3.05) is 0 Å². The Morgan fingerprint density at radius 3 is 2.19 bits per heavy atom. The van der Waals surface area contributed by atoms with Crippen molar-refractivity contribution in [3.63, 3.8) is 0 Å². The summed E-state index contributed by atoms with van der Waals surface area (Å²) in [7, 11) is 0. The van der Waals surface area contributed by atoms with Crippen molar-refractivity contribution in [3.05, 3.63) is 82.7 Å². The molecule has 166 valence electrons. The quantitative estimate of drug-likeness (QED) is 0.280. The molecule has 3 heteroatoms. The summed E-state index contributed by atoms with van der Waals surface area (Å²) in [6.07, 6.45) is 10.1. The van der Waals surface area contributed by atoms with Crippen molar-refractivity contribution in [2.24, 2.45) is 11.8 Å². The number of halogens is 3. The molecule has 1 aliphatic carbocycles. The third kappa shape index (κ3) is 5.01. The van der Waals surface area contributed by atoms with E-state index in [1.165, 1.54) is 44.1 Å². The minimum atomic E-state index is -1.46. The maximum atomic E-state index is 14.4. The van der Waals surface area contributed by atoms with E-state index < -0.39 is 17.5 Å². The zero-order chi connectivity index (χ0) is 22.5. The van der Waals surface area contributed by atoms with Crippen LogP contribution in [-0.4, -0.2) is 0 Å². The third-order valence-corrected chi connectivity index (χ3v) is 6.84. The highest BCUT2D eigenvalue weighted by molar-refractivity contribution is 5.89. The molecule has 0 atom stereocenters. The molecule has 3 aromatic carbocycles. The fraction of sp³-hybridized carbons (Fsp3) is 0.379. The zero-order valence-electron chi connectivity index (χ0n) is 18.6. The minimum Gasteiger partial charge on any atom is -0.204 e. The highest BCUT2D eigenvalue weighted by Crippen LogP contribution is 2.34.